The molecule has 3 atom stereocenters. The fraction of sp³-hybridized carbons (Fsp3) is 0.619. The molecule has 0 saturated carbocycles. The average molecular weight is 408 g/mol. The van der Waals surface area contributed by atoms with E-state index in [1.54, 1.807) is 24.3 Å². The molecule has 0 radical (unpaired) electrons. The molecule has 1 aromatic rings. The van der Waals surface area contributed by atoms with Crippen LogP contribution in [0.1, 0.15) is 65.9 Å². The smallest absolute Gasteiger partial charge is 0.263 e. The number of carbonyl (C=O) groups is 1. The third-order valence-electron chi connectivity index (χ3n) is 5.19. The van der Waals surface area contributed by atoms with E-state index in [0.29, 0.717) is 11.5 Å². The lowest BCUT2D eigenvalue weighted by molar-refractivity contribution is -0.124. The third kappa shape index (κ3) is 5.56. The first-order chi connectivity index (χ1) is 13.2. The maximum absolute atomic E-state index is 12.9. The zero-order valence-corrected chi connectivity index (χ0v) is 18.3. The van der Waals surface area contributed by atoms with E-state index in [1.807, 2.05) is 20.8 Å². The number of hydrogen-bond donors (Lipinski definition) is 2. The fourth-order valence-corrected chi connectivity index (χ4v) is 4.51. The van der Waals surface area contributed by atoms with Gasteiger partial charge in [-0.3, -0.25) is 14.5 Å². The Kier molecular flexibility index (Phi) is 7.63. The molecule has 2 rings (SSSR count). The van der Waals surface area contributed by atoms with E-state index >= 15 is 0 Å². The second kappa shape index (κ2) is 9.54. The van der Waals surface area contributed by atoms with Crippen molar-refractivity contribution in [3.8, 4) is 0 Å². The van der Waals surface area contributed by atoms with Gasteiger partial charge in [0.25, 0.3) is 10.0 Å². The van der Waals surface area contributed by atoms with Crippen LogP contribution in [0.15, 0.2) is 34.2 Å². The van der Waals surface area contributed by atoms with Crippen molar-refractivity contribution in [3.63, 3.8) is 0 Å². The molecule has 0 aliphatic carbocycles. The van der Waals surface area contributed by atoms with E-state index in [9.17, 15) is 13.2 Å². The summed E-state index contributed by atoms with van der Waals surface area (Å²) in [6, 6.07) is 6.14. The lowest BCUT2D eigenvalue weighted by Gasteiger charge is -2.22. The number of hydrogen-bond acceptors (Lipinski definition) is 4. The summed E-state index contributed by atoms with van der Waals surface area (Å²) < 4.78 is 27.1. The Balaban J connectivity index is 2.19. The second-order valence-electron chi connectivity index (χ2n) is 8.14. The minimum Gasteiger partial charge on any atom is -0.352 e. The van der Waals surface area contributed by atoms with Gasteiger partial charge in [-0.2, -0.15) is 0 Å². The molecule has 0 saturated heterocycles. The van der Waals surface area contributed by atoms with Gasteiger partial charge in [-0.1, -0.05) is 59.1 Å². The molecule has 0 bridgehead atoms. The normalized spacial score (nSPS) is 19.7. The highest BCUT2D eigenvalue weighted by atomic mass is 32.2. The molecule has 156 valence electrons. The van der Waals surface area contributed by atoms with Crippen LogP contribution >= 0.6 is 0 Å². The van der Waals surface area contributed by atoms with Crippen molar-refractivity contribution in [2.45, 2.75) is 77.3 Å². The summed E-state index contributed by atoms with van der Waals surface area (Å²) in [4.78, 5) is 17.7. The molecule has 6 nitrogen and oxygen atoms in total. The van der Waals surface area contributed by atoms with Gasteiger partial charge in [0, 0.05) is 11.6 Å². The maximum Gasteiger partial charge on any atom is 0.263 e. The number of amides is 1. The molecule has 0 spiro atoms. The molecule has 1 aromatic carbocycles. The molecule has 1 aliphatic rings. The van der Waals surface area contributed by atoms with Crippen LogP contribution in [0.2, 0.25) is 0 Å². The minimum atomic E-state index is -3.61. The van der Waals surface area contributed by atoms with Crippen molar-refractivity contribution >= 4 is 21.8 Å². The summed E-state index contributed by atoms with van der Waals surface area (Å²) in [6.45, 7) is 10.4. The predicted molar refractivity (Wildman–Crippen MR) is 113 cm³/mol. The number of rotatable bonds is 9. The van der Waals surface area contributed by atoms with Crippen LogP contribution in [0.4, 0.5) is 0 Å². The molecule has 1 heterocycles. The Morgan fingerprint density at radius 3 is 2.46 bits per heavy atom. The number of nitrogens with zero attached hydrogens (tertiary/aromatic N) is 1. The van der Waals surface area contributed by atoms with Gasteiger partial charge in [-0.15, -0.1) is 0 Å². The van der Waals surface area contributed by atoms with Crippen molar-refractivity contribution in [1.29, 1.82) is 0 Å². The predicted octanol–water partition coefficient (Wildman–Crippen LogP) is 3.47. The topological polar surface area (TPSA) is 87.6 Å². The molecule has 0 fully saturated rings. The Labute approximate surface area is 169 Å². The van der Waals surface area contributed by atoms with E-state index in [2.05, 4.69) is 28.9 Å². The summed E-state index contributed by atoms with van der Waals surface area (Å²) in [7, 11) is -3.61. The molecule has 0 aromatic heterocycles. The van der Waals surface area contributed by atoms with Gasteiger partial charge >= 0.3 is 0 Å². The van der Waals surface area contributed by atoms with Gasteiger partial charge in [-0.25, -0.2) is 8.42 Å². The highest BCUT2D eigenvalue weighted by Crippen LogP contribution is 2.24. The van der Waals surface area contributed by atoms with Gasteiger partial charge in [-0.05, 0) is 37.3 Å². The SMILES string of the molecule is CC[C@H](C)[C@H](N=C1NS(=O)(=O)c2ccccc21)C(=O)N[C@H](C)CCCC(C)C. The Morgan fingerprint density at radius 2 is 1.82 bits per heavy atom. The standard InChI is InChI=1S/C21H33N3O3S/c1-6-15(4)19(21(25)22-16(5)11-9-10-14(2)3)23-20-17-12-7-8-13-18(17)28(26,27)24-20/h7-8,12-16,19H,6,9-11H2,1-5H3,(H,22,25)(H,23,24)/t15-,16+,19-/m0/s1. The minimum absolute atomic E-state index is 0.00682. The molecular formula is C21H33N3O3S. The number of sulfonamides is 1. The van der Waals surface area contributed by atoms with Crippen molar-refractivity contribution in [2.24, 2.45) is 16.8 Å². The van der Waals surface area contributed by atoms with E-state index in [-0.39, 0.29) is 28.6 Å². The second-order valence-corrected chi connectivity index (χ2v) is 9.79. The first kappa shape index (κ1) is 22.4. The Morgan fingerprint density at radius 1 is 1.14 bits per heavy atom. The van der Waals surface area contributed by atoms with Crippen molar-refractivity contribution in [2.75, 3.05) is 0 Å². The van der Waals surface area contributed by atoms with Crippen molar-refractivity contribution < 1.29 is 13.2 Å². The number of aliphatic imine (C=N–C) groups is 1. The van der Waals surface area contributed by atoms with Crippen LogP contribution in [-0.4, -0.2) is 32.2 Å². The van der Waals surface area contributed by atoms with E-state index < -0.39 is 16.1 Å². The first-order valence-corrected chi connectivity index (χ1v) is 11.6. The third-order valence-corrected chi connectivity index (χ3v) is 6.59. The molecular weight excluding hydrogens is 374 g/mol. The largest absolute Gasteiger partial charge is 0.352 e. The van der Waals surface area contributed by atoms with Crippen LogP contribution in [0, 0.1) is 11.8 Å². The van der Waals surface area contributed by atoms with Gasteiger partial charge < -0.3 is 5.32 Å². The number of amidine groups is 1. The number of benzene rings is 1. The number of nitrogens with one attached hydrogen (secondary N) is 2. The van der Waals surface area contributed by atoms with Gasteiger partial charge in [0.2, 0.25) is 5.91 Å². The Bertz CT molecular complexity index is 818. The van der Waals surface area contributed by atoms with Crippen LogP contribution in [0.25, 0.3) is 0 Å². The monoisotopic (exact) mass is 407 g/mol. The highest BCUT2D eigenvalue weighted by Gasteiger charge is 2.33. The average Bonchev–Trinajstić information content (AvgIpc) is 2.89. The lowest BCUT2D eigenvalue weighted by atomic mass is 9.97. The highest BCUT2D eigenvalue weighted by molar-refractivity contribution is 7.90. The van der Waals surface area contributed by atoms with Gasteiger partial charge in [0.15, 0.2) is 0 Å². The molecule has 2 N–H and O–H groups in total. The van der Waals surface area contributed by atoms with E-state index in [4.69, 9.17) is 0 Å². The lowest BCUT2D eigenvalue weighted by Crippen LogP contribution is -2.43. The molecule has 28 heavy (non-hydrogen) atoms. The summed E-state index contributed by atoms with van der Waals surface area (Å²) in [5, 5.41) is 3.06. The van der Waals surface area contributed by atoms with Crippen molar-refractivity contribution in [1.82, 2.24) is 10.0 Å². The quantitative estimate of drug-likeness (QED) is 0.657. The maximum atomic E-state index is 12.9. The van der Waals surface area contributed by atoms with Gasteiger partial charge in [0.1, 0.15) is 11.9 Å². The summed E-state index contributed by atoms with van der Waals surface area (Å²) >= 11 is 0. The van der Waals surface area contributed by atoms with E-state index in [0.717, 1.165) is 25.7 Å². The summed E-state index contributed by atoms with van der Waals surface area (Å²) in [5.74, 6) is 0.747. The molecule has 0 unspecified atom stereocenters. The Hall–Kier alpha value is -1.89. The number of carbonyl (C=O) groups excluding carboxylic acids is 1. The summed E-state index contributed by atoms with van der Waals surface area (Å²) in [5.41, 5.74) is 0.522. The van der Waals surface area contributed by atoms with Gasteiger partial charge in [0.05, 0.1) is 4.90 Å². The number of fused-ring (bicyclic) bond motifs is 1. The van der Waals surface area contributed by atoms with Crippen LogP contribution < -0.4 is 10.0 Å². The zero-order valence-electron chi connectivity index (χ0n) is 17.5. The first-order valence-electron chi connectivity index (χ1n) is 10.2. The summed E-state index contributed by atoms with van der Waals surface area (Å²) in [6.07, 6.45) is 3.89. The van der Waals surface area contributed by atoms with Crippen molar-refractivity contribution in [3.05, 3.63) is 29.8 Å². The van der Waals surface area contributed by atoms with Crippen LogP contribution in [0.3, 0.4) is 0 Å². The van der Waals surface area contributed by atoms with Crippen LogP contribution in [-0.2, 0) is 14.8 Å². The molecule has 1 amide bonds. The van der Waals surface area contributed by atoms with Crippen LogP contribution in [0.5, 0.6) is 0 Å². The zero-order chi connectivity index (χ0) is 20.9. The fourth-order valence-electron chi connectivity index (χ4n) is 3.27. The molecule has 7 heteroatoms. The molecule has 1 aliphatic heterocycles. The van der Waals surface area contributed by atoms with E-state index in [1.165, 1.54) is 0 Å².